The van der Waals surface area contributed by atoms with Crippen molar-refractivity contribution in [3.63, 3.8) is 0 Å². The highest BCUT2D eigenvalue weighted by Gasteiger charge is 2.26. The third kappa shape index (κ3) is 5.32. The summed E-state index contributed by atoms with van der Waals surface area (Å²) < 4.78 is 0. The van der Waals surface area contributed by atoms with Crippen molar-refractivity contribution in [2.45, 2.75) is 32.1 Å². The number of rotatable bonds is 6. The molecule has 0 saturated carbocycles. The van der Waals surface area contributed by atoms with Crippen LogP contribution < -0.4 is 10.2 Å². The Labute approximate surface area is 173 Å². The molecule has 154 valence electrons. The van der Waals surface area contributed by atoms with E-state index in [9.17, 15) is 4.79 Å². The molecule has 2 fully saturated rings. The second-order valence-electron chi connectivity index (χ2n) is 8.09. The predicted octanol–water partition coefficient (Wildman–Crippen LogP) is 2.96. The van der Waals surface area contributed by atoms with Gasteiger partial charge in [0.2, 0.25) is 11.9 Å². The summed E-state index contributed by atoms with van der Waals surface area (Å²) in [6.45, 7) is 5.76. The lowest BCUT2D eigenvalue weighted by Crippen LogP contribution is -2.43. The Kier molecular flexibility index (Phi) is 6.72. The van der Waals surface area contributed by atoms with E-state index in [0.717, 1.165) is 56.1 Å². The number of benzene rings is 1. The maximum Gasteiger partial charge on any atom is 0.225 e. The molecule has 0 spiro atoms. The number of aromatic nitrogens is 2. The number of piperidine rings is 2. The van der Waals surface area contributed by atoms with Gasteiger partial charge in [-0.25, -0.2) is 9.97 Å². The Bertz CT molecular complexity index is 766. The van der Waals surface area contributed by atoms with Gasteiger partial charge in [0.15, 0.2) is 0 Å². The molecule has 0 unspecified atom stereocenters. The molecule has 29 heavy (non-hydrogen) atoms. The molecule has 2 aliphatic heterocycles. The summed E-state index contributed by atoms with van der Waals surface area (Å²) in [6, 6.07) is 10.2. The smallest absolute Gasteiger partial charge is 0.225 e. The molecule has 2 aliphatic rings. The number of hydrogen-bond donors (Lipinski definition) is 1. The Morgan fingerprint density at radius 2 is 1.62 bits per heavy atom. The molecule has 0 bridgehead atoms. The predicted molar refractivity (Wildman–Crippen MR) is 116 cm³/mol. The van der Waals surface area contributed by atoms with E-state index in [1.54, 1.807) is 0 Å². The highest BCUT2D eigenvalue weighted by molar-refractivity contribution is 5.78. The molecule has 1 aromatic carbocycles. The summed E-state index contributed by atoms with van der Waals surface area (Å²) in [5.74, 6) is 1.08. The van der Waals surface area contributed by atoms with Gasteiger partial charge in [-0.15, -0.1) is 0 Å². The summed E-state index contributed by atoms with van der Waals surface area (Å²) in [5, 5.41) is 3.15. The minimum Gasteiger partial charge on any atom is -0.355 e. The van der Waals surface area contributed by atoms with Crippen LogP contribution in [0, 0.1) is 5.92 Å². The number of hydrogen-bond acceptors (Lipinski definition) is 5. The third-order valence-electron chi connectivity index (χ3n) is 6.07. The zero-order chi connectivity index (χ0) is 19.9. The van der Waals surface area contributed by atoms with Gasteiger partial charge in [0.05, 0.1) is 0 Å². The van der Waals surface area contributed by atoms with Crippen LogP contribution in [0.3, 0.4) is 0 Å². The number of anilines is 1. The first-order chi connectivity index (χ1) is 14.3. The van der Waals surface area contributed by atoms with E-state index in [1.807, 2.05) is 30.6 Å². The molecule has 2 aromatic rings. The molecular formula is C23H31N5O. The van der Waals surface area contributed by atoms with Gasteiger partial charge in [-0.3, -0.25) is 4.79 Å². The number of carbonyl (C=O) groups is 1. The molecular weight excluding hydrogens is 362 g/mol. The van der Waals surface area contributed by atoms with Crippen molar-refractivity contribution in [2.75, 3.05) is 44.2 Å². The molecule has 4 rings (SSSR count). The average molecular weight is 394 g/mol. The second-order valence-corrected chi connectivity index (χ2v) is 8.09. The van der Waals surface area contributed by atoms with Gasteiger partial charge in [-0.2, -0.15) is 0 Å². The van der Waals surface area contributed by atoms with Gasteiger partial charge in [-0.05, 0) is 44.3 Å². The minimum absolute atomic E-state index is 0.108. The summed E-state index contributed by atoms with van der Waals surface area (Å²) in [5.41, 5.74) is 2.15. The van der Waals surface area contributed by atoms with E-state index in [4.69, 9.17) is 0 Å². The fourth-order valence-electron chi connectivity index (χ4n) is 4.27. The van der Waals surface area contributed by atoms with Crippen LogP contribution in [0.2, 0.25) is 0 Å². The lowest BCUT2D eigenvalue weighted by atomic mass is 9.96. The molecule has 3 heterocycles. The SMILES string of the molecule is O=C(NCCN1CCCCC1)C1CCN(c2ncc(-c3ccccc3)cn2)CC1. The van der Waals surface area contributed by atoms with Crippen LogP contribution in [-0.2, 0) is 4.79 Å². The molecule has 6 nitrogen and oxygen atoms in total. The average Bonchev–Trinajstić information content (AvgIpc) is 2.80. The van der Waals surface area contributed by atoms with Crippen molar-refractivity contribution >= 4 is 11.9 Å². The highest BCUT2D eigenvalue weighted by atomic mass is 16.1. The monoisotopic (exact) mass is 393 g/mol. The maximum absolute atomic E-state index is 12.5. The lowest BCUT2D eigenvalue weighted by molar-refractivity contribution is -0.125. The van der Waals surface area contributed by atoms with Crippen molar-refractivity contribution in [3.8, 4) is 11.1 Å². The molecule has 1 aromatic heterocycles. The molecule has 0 aliphatic carbocycles. The van der Waals surface area contributed by atoms with E-state index in [-0.39, 0.29) is 11.8 Å². The zero-order valence-corrected chi connectivity index (χ0v) is 17.1. The Morgan fingerprint density at radius 3 is 2.31 bits per heavy atom. The first kappa shape index (κ1) is 19.8. The number of nitrogens with zero attached hydrogens (tertiary/aromatic N) is 4. The van der Waals surface area contributed by atoms with Crippen LogP contribution >= 0.6 is 0 Å². The first-order valence-electron chi connectivity index (χ1n) is 10.9. The summed E-state index contributed by atoms with van der Waals surface area (Å²) in [7, 11) is 0. The molecule has 0 atom stereocenters. The topological polar surface area (TPSA) is 61.4 Å². The van der Waals surface area contributed by atoms with Crippen LogP contribution in [0.25, 0.3) is 11.1 Å². The molecule has 0 radical (unpaired) electrons. The second kappa shape index (κ2) is 9.83. The lowest BCUT2D eigenvalue weighted by Gasteiger charge is -2.31. The van der Waals surface area contributed by atoms with Crippen molar-refractivity contribution in [2.24, 2.45) is 5.92 Å². The standard InChI is InChI=1S/C23H31N5O/c29-22(24-11-16-27-12-5-2-6-13-27)20-9-14-28(15-10-20)23-25-17-21(18-26-23)19-7-3-1-4-8-19/h1,3-4,7-8,17-18,20H,2,5-6,9-16H2,(H,24,29). The molecule has 2 saturated heterocycles. The Morgan fingerprint density at radius 1 is 0.931 bits per heavy atom. The van der Waals surface area contributed by atoms with Crippen molar-refractivity contribution in [1.29, 1.82) is 0 Å². The third-order valence-corrected chi connectivity index (χ3v) is 6.07. The van der Waals surface area contributed by atoms with E-state index in [0.29, 0.717) is 0 Å². The van der Waals surface area contributed by atoms with Gasteiger partial charge in [0, 0.05) is 50.1 Å². The van der Waals surface area contributed by atoms with E-state index >= 15 is 0 Å². The summed E-state index contributed by atoms with van der Waals surface area (Å²) in [6.07, 6.45) is 9.43. The van der Waals surface area contributed by atoms with Gasteiger partial charge in [0.25, 0.3) is 0 Å². The summed E-state index contributed by atoms with van der Waals surface area (Å²) in [4.78, 5) is 26.3. The normalized spacial score (nSPS) is 18.6. The van der Waals surface area contributed by atoms with E-state index in [1.165, 1.54) is 32.4 Å². The largest absolute Gasteiger partial charge is 0.355 e. The van der Waals surface area contributed by atoms with Gasteiger partial charge in [0.1, 0.15) is 0 Å². The van der Waals surface area contributed by atoms with Gasteiger partial charge in [-0.1, -0.05) is 36.8 Å². The summed E-state index contributed by atoms with van der Waals surface area (Å²) >= 11 is 0. The maximum atomic E-state index is 12.5. The number of amides is 1. The molecule has 6 heteroatoms. The number of likely N-dealkylation sites (tertiary alicyclic amines) is 1. The van der Waals surface area contributed by atoms with Crippen LogP contribution in [-0.4, -0.2) is 60.0 Å². The Balaban J connectivity index is 1.22. The number of carbonyl (C=O) groups excluding carboxylic acids is 1. The van der Waals surface area contributed by atoms with Crippen LogP contribution in [0.5, 0.6) is 0 Å². The van der Waals surface area contributed by atoms with Crippen LogP contribution in [0.15, 0.2) is 42.7 Å². The zero-order valence-electron chi connectivity index (χ0n) is 17.1. The van der Waals surface area contributed by atoms with Gasteiger partial charge < -0.3 is 15.1 Å². The molecule has 1 amide bonds. The van der Waals surface area contributed by atoms with Crippen molar-refractivity contribution in [1.82, 2.24) is 20.2 Å². The minimum atomic E-state index is 0.108. The fraction of sp³-hybridized carbons (Fsp3) is 0.522. The highest BCUT2D eigenvalue weighted by Crippen LogP contribution is 2.23. The van der Waals surface area contributed by atoms with Crippen LogP contribution in [0.4, 0.5) is 5.95 Å². The first-order valence-corrected chi connectivity index (χ1v) is 10.9. The molecule has 1 N–H and O–H groups in total. The quantitative estimate of drug-likeness (QED) is 0.818. The van der Waals surface area contributed by atoms with Crippen LogP contribution in [0.1, 0.15) is 32.1 Å². The van der Waals surface area contributed by atoms with Crippen molar-refractivity contribution < 1.29 is 4.79 Å². The van der Waals surface area contributed by atoms with E-state index in [2.05, 4.69) is 37.2 Å². The van der Waals surface area contributed by atoms with E-state index < -0.39 is 0 Å². The number of nitrogens with one attached hydrogen (secondary N) is 1. The Hall–Kier alpha value is -2.47. The van der Waals surface area contributed by atoms with Gasteiger partial charge >= 0.3 is 0 Å². The van der Waals surface area contributed by atoms with Crippen molar-refractivity contribution in [3.05, 3.63) is 42.7 Å². The fourth-order valence-corrected chi connectivity index (χ4v) is 4.27.